The van der Waals surface area contributed by atoms with Crippen LogP contribution in [0, 0.1) is 0 Å². The maximum atomic E-state index is 6.52. The molecule has 0 atom stereocenters. The van der Waals surface area contributed by atoms with Crippen LogP contribution in [0.15, 0.2) is 93.8 Å². The molecule has 0 saturated heterocycles. The predicted molar refractivity (Wildman–Crippen MR) is 117 cm³/mol. The third-order valence-electron chi connectivity index (χ3n) is 4.98. The summed E-state index contributed by atoms with van der Waals surface area (Å²) in [6, 6.07) is 25.2. The topological polar surface area (TPSA) is 13.1 Å². The van der Waals surface area contributed by atoms with Gasteiger partial charge < -0.3 is 4.42 Å². The quantitative estimate of drug-likeness (QED) is 0.328. The van der Waals surface area contributed by atoms with Gasteiger partial charge >= 0.3 is 0 Å². The van der Waals surface area contributed by atoms with Gasteiger partial charge in [0.2, 0.25) is 0 Å². The van der Waals surface area contributed by atoms with Crippen molar-refractivity contribution in [3.63, 3.8) is 0 Å². The molecule has 0 spiro atoms. The molecule has 0 aliphatic heterocycles. The van der Waals surface area contributed by atoms with E-state index >= 15 is 0 Å². The van der Waals surface area contributed by atoms with Crippen molar-refractivity contribution in [2.75, 3.05) is 0 Å². The number of rotatable bonds is 2. The summed E-state index contributed by atoms with van der Waals surface area (Å²) in [6.45, 7) is 0. The molecular weight excluding hydrogens is 396 g/mol. The zero-order chi connectivity index (χ0) is 18.2. The van der Waals surface area contributed by atoms with Gasteiger partial charge in [0.1, 0.15) is 11.3 Å². The molecule has 1 aliphatic rings. The second kappa shape index (κ2) is 6.71. The highest BCUT2D eigenvalue weighted by Gasteiger charge is 2.20. The van der Waals surface area contributed by atoms with Gasteiger partial charge in [-0.1, -0.05) is 94.8 Å². The van der Waals surface area contributed by atoms with E-state index in [-0.39, 0.29) is 0 Å². The number of halogens is 1. The van der Waals surface area contributed by atoms with Crippen molar-refractivity contribution in [3.8, 4) is 11.1 Å². The first-order valence-electron chi connectivity index (χ1n) is 9.05. The zero-order valence-electron chi connectivity index (χ0n) is 14.7. The van der Waals surface area contributed by atoms with Crippen molar-refractivity contribution < 1.29 is 4.42 Å². The minimum absolute atomic E-state index is 0.905. The van der Waals surface area contributed by atoms with E-state index in [1.54, 1.807) is 0 Å². The van der Waals surface area contributed by atoms with Crippen molar-refractivity contribution in [1.29, 1.82) is 0 Å². The molecule has 0 fully saturated rings. The number of furan rings is 1. The third-order valence-corrected chi connectivity index (χ3v) is 5.51. The summed E-state index contributed by atoms with van der Waals surface area (Å²) < 4.78 is 7.60. The summed E-state index contributed by atoms with van der Waals surface area (Å²) in [5.41, 5.74) is 6.73. The van der Waals surface area contributed by atoms with E-state index in [0.29, 0.717) is 0 Å². The van der Waals surface area contributed by atoms with Crippen LogP contribution in [-0.2, 0) is 0 Å². The van der Waals surface area contributed by atoms with Gasteiger partial charge in [-0.05, 0) is 29.7 Å². The number of para-hydroxylation sites is 1. The summed E-state index contributed by atoms with van der Waals surface area (Å²) in [5, 5.41) is 1.16. The van der Waals surface area contributed by atoms with Crippen LogP contribution in [0.4, 0.5) is 0 Å². The van der Waals surface area contributed by atoms with E-state index in [9.17, 15) is 0 Å². The zero-order valence-corrected chi connectivity index (χ0v) is 16.2. The molecule has 1 nitrogen and oxygen atoms in total. The highest BCUT2D eigenvalue weighted by Crippen LogP contribution is 2.40. The lowest BCUT2D eigenvalue weighted by atomic mass is 9.98. The van der Waals surface area contributed by atoms with Crippen molar-refractivity contribution in [2.24, 2.45) is 0 Å². The molecule has 27 heavy (non-hydrogen) atoms. The summed E-state index contributed by atoms with van der Waals surface area (Å²) >= 11 is 3.52. The Morgan fingerprint density at radius 2 is 1.59 bits per heavy atom. The number of hydrogen-bond acceptors (Lipinski definition) is 1. The Morgan fingerprint density at radius 3 is 2.41 bits per heavy atom. The molecule has 130 valence electrons. The average Bonchev–Trinajstić information content (AvgIpc) is 2.95. The minimum atomic E-state index is 0.905. The van der Waals surface area contributed by atoms with Crippen LogP contribution in [0.5, 0.6) is 0 Å². The molecule has 0 radical (unpaired) electrons. The average molecular weight is 413 g/mol. The second-order valence-corrected chi connectivity index (χ2v) is 7.57. The fraction of sp³-hybridized carbons (Fsp3) is 0.0400. The lowest BCUT2D eigenvalue weighted by Gasteiger charge is -2.05. The normalized spacial score (nSPS) is 13.3. The Bertz CT molecular complexity index is 1180. The highest BCUT2D eigenvalue weighted by atomic mass is 79.9. The number of benzene rings is 3. The first kappa shape index (κ1) is 16.3. The predicted octanol–water partition coefficient (Wildman–Crippen LogP) is 7.71. The van der Waals surface area contributed by atoms with Crippen molar-refractivity contribution in [2.45, 2.75) is 6.42 Å². The Balaban J connectivity index is 1.76. The van der Waals surface area contributed by atoms with Gasteiger partial charge in [0.05, 0.1) is 0 Å². The molecule has 4 aromatic rings. The molecular formula is C25H17BrO. The fourth-order valence-corrected chi connectivity index (χ4v) is 3.96. The molecule has 3 aromatic carbocycles. The van der Waals surface area contributed by atoms with Crippen LogP contribution < -0.4 is 0 Å². The SMILES string of the molecule is Brc1ccc(-c2cccc3c4c(oc23)C(c2ccccc2)=CCC=C4)cc1. The summed E-state index contributed by atoms with van der Waals surface area (Å²) in [6.07, 6.45) is 7.55. The third kappa shape index (κ3) is 2.87. The highest BCUT2D eigenvalue weighted by molar-refractivity contribution is 9.10. The Hall–Kier alpha value is -2.84. The molecule has 0 saturated carbocycles. The van der Waals surface area contributed by atoms with Crippen LogP contribution >= 0.6 is 15.9 Å². The van der Waals surface area contributed by atoms with Gasteiger partial charge in [0, 0.05) is 26.6 Å². The van der Waals surface area contributed by atoms with Crippen LogP contribution in [0.3, 0.4) is 0 Å². The Morgan fingerprint density at radius 1 is 0.778 bits per heavy atom. The largest absolute Gasteiger partial charge is 0.455 e. The monoisotopic (exact) mass is 412 g/mol. The van der Waals surface area contributed by atoms with Gasteiger partial charge in [0.15, 0.2) is 0 Å². The van der Waals surface area contributed by atoms with E-state index in [2.05, 4.69) is 101 Å². The van der Waals surface area contributed by atoms with E-state index in [1.807, 2.05) is 6.07 Å². The molecule has 1 aliphatic carbocycles. The first-order chi connectivity index (χ1) is 13.3. The van der Waals surface area contributed by atoms with Crippen LogP contribution in [0.25, 0.3) is 33.7 Å². The molecule has 0 bridgehead atoms. The van der Waals surface area contributed by atoms with Crippen molar-refractivity contribution in [1.82, 2.24) is 0 Å². The van der Waals surface area contributed by atoms with Gasteiger partial charge in [-0.25, -0.2) is 0 Å². The molecule has 0 unspecified atom stereocenters. The maximum Gasteiger partial charge on any atom is 0.143 e. The van der Waals surface area contributed by atoms with Crippen LogP contribution in [0.2, 0.25) is 0 Å². The van der Waals surface area contributed by atoms with Crippen molar-refractivity contribution in [3.05, 3.63) is 106 Å². The standard InChI is InChI=1S/C25H17BrO/c26-19-15-13-18(14-16-19)21-11-6-12-23-22-10-5-4-9-20(24(22)27-25(21)23)17-7-2-1-3-8-17/h1-3,5-16H,4H2. The lowest BCUT2D eigenvalue weighted by molar-refractivity contribution is 0.600. The van der Waals surface area contributed by atoms with Gasteiger partial charge in [-0.15, -0.1) is 0 Å². The summed E-state index contributed by atoms with van der Waals surface area (Å²) in [5.74, 6) is 0.953. The number of hydrogen-bond donors (Lipinski definition) is 0. The van der Waals surface area contributed by atoms with Crippen LogP contribution in [-0.4, -0.2) is 0 Å². The Kier molecular flexibility index (Phi) is 4.06. The van der Waals surface area contributed by atoms with Gasteiger partial charge in [0.25, 0.3) is 0 Å². The molecule has 1 aromatic heterocycles. The minimum Gasteiger partial charge on any atom is -0.455 e. The van der Waals surface area contributed by atoms with E-state index in [4.69, 9.17) is 4.42 Å². The first-order valence-corrected chi connectivity index (χ1v) is 9.84. The molecule has 1 heterocycles. The second-order valence-electron chi connectivity index (χ2n) is 6.66. The number of allylic oxidation sites excluding steroid dienone is 2. The Labute approximate surface area is 166 Å². The van der Waals surface area contributed by atoms with E-state index < -0.39 is 0 Å². The smallest absolute Gasteiger partial charge is 0.143 e. The van der Waals surface area contributed by atoms with Crippen molar-refractivity contribution >= 4 is 38.5 Å². The lowest BCUT2D eigenvalue weighted by Crippen LogP contribution is -1.86. The molecule has 0 amide bonds. The maximum absolute atomic E-state index is 6.52. The van der Waals surface area contributed by atoms with Gasteiger partial charge in [-0.3, -0.25) is 0 Å². The van der Waals surface area contributed by atoms with E-state index in [1.165, 1.54) is 5.56 Å². The molecule has 5 rings (SSSR count). The fourth-order valence-electron chi connectivity index (χ4n) is 3.69. The van der Waals surface area contributed by atoms with Crippen LogP contribution in [0.1, 0.15) is 23.3 Å². The van der Waals surface area contributed by atoms with E-state index in [0.717, 1.165) is 49.9 Å². The summed E-state index contributed by atoms with van der Waals surface area (Å²) in [7, 11) is 0. The summed E-state index contributed by atoms with van der Waals surface area (Å²) in [4.78, 5) is 0. The number of fused-ring (bicyclic) bond motifs is 3. The van der Waals surface area contributed by atoms with Gasteiger partial charge in [-0.2, -0.15) is 0 Å². The molecule has 0 N–H and O–H groups in total. The molecule has 2 heteroatoms.